The smallest absolute Gasteiger partial charge is 0.523 e. The summed E-state index contributed by atoms with van der Waals surface area (Å²) in [6.07, 6.45) is 0. The van der Waals surface area contributed by atoms with Crippen LogP contribution >= 0.6 is 0 Å². The molecule has 5 nitrogen and oxygen atoms in total. The summed E-state index contributed by atoms with van der Waals surface area (Å²) in [6, 6.07) is 0. The SMILES string of the molecule is O=C([O-])COS(=O)(=O)C(F)(F)F. The number of hydrogen-bond acceptors (Lipinski definition) is 5. The van der Waals surface area contributed by atoms with Gasteiger partial charge in [0.05, 0.1) is 5.97 Å². The predicted octanol–water partition coefficient (Wildman–Crippen LogP) is -1.40. The second kappa shape index (κ2) is 3.27. The normalized spacial score (nSPS) is 12.9. The van der Waals surface area contributed by atoms with E-state index < -0.39 is 28.2 Å². The number of halogens is 3. The molecule has 0 spiro atoms. The summed E-state index contributed by atoms with van der Waals surface area (Å²) in [6.45, 7) is -1.65. The first kappa shape index (κ1) is 11.2. The van der Waals surface area contributed by atoms with Crippen molar-refractivity contribution in [2.45, 2.75) is 5.51 Å². The maximum Gasteiger partial charge on any atom is 0.523 e. The third-order valence-electron chi connectivity index (χ3n) is 0.615. The van der Waals surface area contributed by atoms with Crippen LogP contribution in [0.15, 0.2) is 0 Å². The first-order valence-electron chi connectivity index (χ1n) is 2.32. The maximum atomic E-state index is 11.4. The highest BCUT2D eigenvalue weighted by atomic mass is 32.2. The van der Waals surface area contributed by atoms with Gasteiger partial charge in [0.2, 0.25) is 0 Å². The van der Waals surface area contributed by atoms with Crippen LogP contribution in [0.25, 0.3) is 0 Å². The molecule has 0 radical (unpaired) electrons. The van der Waals surface area contributed by atoms with E-state index in [9.17, 15) is 31.5 Å². The van der Waals surface area contributed by atoms with Gasteiger partial charge in [0, 0.05) is 0 Å². The lowest BCUT2D eigenvalue weighted by Crippen LogP contribution is -2.33. The zero-order chi connectivity index (χ0) is 9.99. The van der Waals surface area contributed by atoms with Crippen LogP contribution in [0, 0.1) is 0 Å². The number of carboxylic acid groups (broad SMARTS) is 1. The zero-order valence-corrected chi connectivity index (χ0v) is 6.11. The Hall–Kier alpha value is -0.830. The molecule has 0 aliphatic rings. The summed E-state index contributed by atoms with van der Waals surface area (Å²) in [5.41, 5.74) is -5.61. The van der Waals surface area contributed by atoms with Crippen LogP contribution in [-0.4, -0.2) is 26.5 Å². The molecule has 0 unspecified atom stereocenters. The van der Waals surface area contributed by atoms with E-state index in [-0.39, 0.29) is 0 Å². The van der Waals surface area contributed by atoms with Gasteiger partial charge in [0.1, 0.15) is 6.61 Å². The van der Waals surface area contributed by atoms with Crippen molar-refractivity contribution in [1.29, 1.82) is 0 Å². The highest BCUT2D eigenvalue weighted by molar-refractivity contribution is 7.87. The predicted molar refractivity (Wildman–Crippen MR) is 25.9 cm³/mol. The molecule has 0 rings (SSSR count). The largest absolute Gasteiger partial charge is 0.548 e. The topological polar surface area (TPSA) is 83.5 Å². The van der Waals surface area contributed by atoms with E-state index in [0.717, 1.165) is 0 Å². The molecule has 0 aliphatic heterocycles. The van der Waals surface area contributed by atoms with Crippen LogP contribution in [0.1, 0.15) is 0 Å². The first-order valence-corrected chi connectivity index (χ1v) is 3.73. The number of carbonyl (C=O) groups excluding carboxylic acids is 1. The Bertz CT molecular complexity index is 264. The van der Waals surface area contributed by atoms with Crippen molar-refractivity contribution in [1.82, 2.24) is 0 Å². The molecule has 0 aromatic rings. The average molecular weight is 207 g/mol. The fraction of sp³-hybridized carbons (Fsp3) is 0.667. The molecule has 12 heavy (non-hydrogen) atoms. The van der Waals surface area contributed by atoms with E-state index in [1.165, 1.54) is 0 Å². The summed E-state index contributed by atoms with van der Waals surface area (Å²) in [7, 11) is -5.81. The van der Waals surface area contributed by atoms with E-state index in [1.54, 1.807) is 0 Å². The monoisotopic (exact) mass is 207 g/mol. The highest BCUT2D eigenvalue weighted by Crippen LogP contribution is 2.24. The van der Waals surface area contributed by atoms with Crippen LogP contribution in [0.4, 0.5) is 13.2 Å². The van der Waals surface area contributed by atoms with Crippen molar-refractivity contribution < 1.29 is 35.7 Å². The molecule has 0 saturated carbocycles. The average Bonchev–Trinajstić information content (AvgIpc) is 1.81. The Morgan fingerprint density at radius 1 is 1.42 bits per heavy atom. The summed E-state index contributed by atoms with van der Waals surface area (Å²) in [5.74, 6) is -2.05. The third-order valence-corrected chi connectivity index (χ3v) is 1.61. The molecular weight excluding hydrogens is 205 g/mol. The number of alkyl halides is 3. The lowest BCUT2D eigenvalue weighted by atomic mass is 10.8. The fourth-order valence-corrected chi connectivity index (χ4v) is 0.578. The molecule has 0 aromatic carbocycles. The van der Waals surface area contributed by atoms with Crippen LogP contribution < -0.4 is 5.11 Å². The zero-order valence-electron chi connectivity index (χ0n) is 5.29. The molecular formula is C3H2F3O5S-. The molecule has 9 heteroatoms. The van der Waals surface area contributed by atoms with E-state index in [1.807, 2.05) is 0 Å². The molecule has 72 valence electrons. The van der Waals surface area contributed by atoms with Gasteiger partial charge in [-0.25, -0.2) is 0 Å². The van der Waals surface area contributed by atoms with Gasteiger partial charge in [0.25, 0.3) is 0 Å². The van der Waals surface area contributed by atoms with Gasteiger partial charge in [-0.3, -0.25) is 4.18 Å². The summed E-state index contributed by atoms with van der Waals surface area (Å²) >= 11 is 0. The van der Waals surface area contributed by atoms with Crippen molar-refractivity contribution in [2.75, 3.05) is 6.61 Å². The summed E-state index contributed by atoms with van der Waals surface area (Å²) in [5, 5.41) is 9.51. The maximum absolute atomic E-state index is 11.4. The summed E-state index contributed by atoms with van der Waals surface area (Å²) < 4.78 is 56.9. The molecule has 0 aliphatic carbocycles. The van der Waals surface area contributed by atoms with Crippen LogP contribution in [0.3, 0.4) is 0 Å². The second-order valence-electron chi connectivity index (χ2n) is 1.53. The van der Waals surface area contributed by atoms with Crippen LogP contribution in [0.2, 0.25) is 0 Å². The Morgan fingerprint density at radius 2 is 1.83 bits per heavy atom. The van der Waals surface area contributed by atoms with Gasteiger partial charge in [-0.05, 0) is 0 Å². The third kappa shape index (κ3) is 3.05. The molecule has 0 heterocycles. The minimum Gasteiger partial charge on any atom is -0.548 e. The standard InChI is InChI=1S/C3H3F3O5S/c4-3(5,6)12(9,10)11-1-2(7)8/h1H2,(H,7,8)/p-1. The molecule has 0 aromatic heterocycles. The van der Waals surface area contributed by atoms with Crippen molar-refractivity contribution >= 4 is 16.1 Å². The number of rotatable bonds is 3. The minimum atomic E-state index is -5.81. The highest BCUT2D eigenvalue weighted by Gasteiger charge is 2.47. The van der Waals surface area contributed by atoms with Gasteiger partial charge in [0.15, 0.2) is 0 Å². The van der Waals surface area contributed by atoms with Crippen molar-refractivity contribution in [3.8, 4) is 0 Å². The van der Waals surface area contributed by atoms with E-state index in [2.05, 4.69) is 4.18 Å². The van der Waals surface area contributed by atoms with Crippen LogP contribution in [0.5, 0.6) is 0 Å². The molecule has 0 N–H and O–H groups in total. The molecule has 0 fully saturated rings. The van der Waals surface area contributed by atoms with Gasteiger partial charge < -0.3 is 9.90 Å². The van der Waals surface area contributed by atoms with E-state index in [4.69, 9.17) is 0 Å². The van der Waals surface area contributed by atoms with Crippen molar-refractivity contribution in [3.05, 3.63) is 0 Å². The van der Waals surface area contributed by atoms with Gasteiger partial charge in [-0.1, -0.05) is 0 Å². The number of carboxylic acids is 1. The van der Waals surface area contributed by atoms with Crippen molar-refractivity contribution in [2.24, 2.45) is 0 Å². The van der Waals surface area contributed by atoms with Gasteiger partial charge in [-0.15, -0.1) is 0 Å². The van der Waals surface area contributed by atoms with E-state index >= 15 is 0 Å². The van der Waals surface area contributed by atoms with Gasteiger partial charge >= 0.3 is 15.6 Å². The molecule has 0 bridgehead atoms. The molecule has 0 atom stereocenters. The molecule has 0 saturated heterocycles. The Balaban J connectivity index is 4.37. The lowest BCUT2D eigenvalue weighted by Gasteiger charge is -2.07. The quantitative estimate of drug-likeness (QED) is 0.420. The Kier molecular flexibility index (Phi) is 3.04. The Morgan fingerprint density at radius 3 is 2.08 bits per heavy atom. The number of aliphatic carboxylic acids is 1. The van der Waals surface area contributed by atoms with Crippen molar-refractivity contribution in [3.63, 3.8) is 0 Å². The van der Waals surface area contributed by atoms with E-state index in [0.29, 0.717) is 0 Å². The minimum absolute atomic E-state index is 1.65. The number of hydrogen-bond donors (Lipinski definition) is 0. The Labute approximate surface area is 64.9 Å². The van der Waals surface area contributed by atoms with Gasteiger partial charge in [-0.2, -0.15) is 21.6 Å². The van der Waals surface area contributed by atoms with Crippen LogP contribution in [-0.2, 0) is 19.1 Å². The fourth-order valence-electron chi connectivity index (χ4n) is 0.193. The second-order valence-corrected chi connectivity index (χ2v) is 3.14. The lowest BCUT2D eigenvalue weighted by molar-refractivity contribution is -0.307. The first-order chi connectivity index (χ1) is 5.17. The number of carbonyl (C=O) groups is 1. The summed E-state index contributed by atoms with van der Waals surface area (Å²) in [4.78, 5) is 9.51. The molecule has 0 amide bonds.